The second-order valence-electron chi connectivity index (χ2n) is 1.86. The van der Waals surface area contributed by atoms with Crippen LogP contribution >= 0.6 is 21.2 Å². The van der Waals surface area contributed by atoms with Crippen LogP contribution in [-0.4, -0.2) is 11.1 Å². The Bertz CT molecular complexity index is 295. The van der Waals surface area contributed by atoms with E-state index >= 15 is 0 Å². The van der Waals surface area contributed by atoms with Gasteiger partial charge >= 0.3 is 5.97 Å². The number of benzene rings is 1. The molecule has 1 aromatic carbocycles. The summed E-state index contributed by atoms with van der Waals surface area (Å²) < 4.78 is 10.9. The highest BCUT2D eigenvalue weighted by Crippen LogP contribution is 2.14. The molecule has 0 fully saturated rings. The summed E-state index contributed by atoms with van der Waals surface area (Å²) in [7, 11) is 0. The Balaban J connectivity index is 3.22. The fourth-order valence-electron chi connectivity index (χ4n) is 0.702. The van der Waals surface area contributed by atoms with E-state index in [0.29, 0.717) is 3.57 Å². The molecule has 58 valence electrons. The van der Waals surface area contributed by atoms with Crippen molar-refractivity contribution in [3.05, 3.63) is 33.4 Å². The van der Waals surface area contributed by atoms with Crippen molar-refractivity contribution in [2.24, 2.45) is 0 Å². The maximum absolute atomic E-state index is 10.5. The van der Waals surface area contributed by atoms with Crippen LogP contribution in [0.3, 0.4) is 0 Å². The zero-order chi connectivity index (χ0) is 8.27. The maximum Gasteiger partial charge on any atom is 0.336 e. The Morgan fingerprint density at radius 1 is 1.36 bits per heavy atom. The lowest BCUT2D eigenvalue weighted by Gasteiger charge is -1.94. The summed E-state index contributed by atoms with van der Waals surface area (Å²) >= 11 is -1.38. The number of halogens is 1. The van der Waals surface area contributed by atoms with Gasteiger partial charge in [-0.15, -0.1) is 0 Å². The summed E-state index contributed by atoms with van der Waals surface area (Å²) in [5, 5.41) is 8.58. The molecule has 0 saturated heterocycles. The first-order chi connectivity index (χ1) is 5.25. The van der Waals surface area contributed by atoms with Crippen molar-refractivity contribution in [1.29, 1.82) is 0 Å². The van der Waals surface area contributed by atoms with Crippen molar-refractivity contribution in [2.75, 3.05) is 0 Å². The minimum absolute atomic E-state index is 0.148. The quantitative estimate of drug-likeness (QED) is 0.829. The fraction of sp³-hybridized carbons (Fsp3) is 0. The third-order valence-electron chi connectivity index (χ3n) is 1.19. The van der Waals surface area contributed by atoms with E-state index in [1.807, 2.05) is 0 Å². The van der Waals surface area contributed by atoms with Crippen LogP contribution in [0.25, 0.3) is 0 Å². The minimum Gasteiger partial charge on any atom is -0.478 e. The number of rotatable bonds is 2. The fourth-order valence-corrected chi connectivity index (χ4v) is 1.70. The summed E-state index contributed by atoms with van der Waals surface area (Å²) in [4.78, 5) is 10.5. The van der Waals surface area contributed by atoms with Crippen molar-refractivity contribution >= 4 is 27.2 Å². The zero-order valence-electron chi connectivity index (χ0n) is 5.45. The van der Waals surface area contributed by atoms with Crippen molar-refractivity contribution in [1.82, 2.24) is 0 Å². The number of hydrogen-bond donors (Lipinski definition) is 1. The molecule has 1 N–H and O–H groups in total. The van der Waals surface area contributed by atoms with Crippen molar-refractivity contribution in [2.45, 2.75) is 0 Å². The van der Waals surface area contributed by atoms with Crippen LogP contribution in [0.15, 0.2) is 24.3 Å². The molecule has 0 heterocycles. The van der Waals surface area contributed by atoms with Crippen LogP contribution in [0, 0.1) is 3.57 Å². The van der Waals surface area contributed by atoms with E-state index in [9.17, 15) is 7.86 Å². The highest BCUT2D eigenvalue weighted by Gasteiger charge is 2.07. The lowest BCUT2D eigenvalue weighted by Crippen LogP contribution is -1.98. The number of aromatic carboxylic acids is 1. The van der Waals surface area contributed by atoms with Crippen LogP contribution in [0.4, 0.5) is 0 Å². The largest absolute Gasteiger partial charge is 0.478 e. The Labute approximate surface area is 73.7 Å². The second kappa shape index (κ2) is 3.56. The Kier molecular flexibility index (Phi) is 2.70. The van der Waals surface area contributed by atoms with Crippen LogP contribution in [-0.2, 0) is 3.07 Å². The average molecular weight is 264 g/mol. The number of carboxylic acid groups (broad SMARTS) is 1. The van der Waals surface area contributed by atoms with Crippen molar-refractivity contribution < 1.29 is 13.0 Å². The van der Waals surface area contributed by atoms with Gasteiger partial charge in [0.15, 0.2) is 21.2 Å². The molecule has 1 rings (SSSR count). The van der Waals surface area contributed by atoms with E-state index < -0.39 is 27.2 Å². The molecule has 0 aromatic heterocycles. The predicted molar refractivity (Wildman–Crippen MR) is 46.8 cm³/mol. The first-order valence-corrected chi connectivity index (χ1v) is 4.81. The third-order valence-corrected chi connectivity index (χ3v) is 2.60. The molecule has 0 aliphatic heterocycles. The normalized spacial score (nSPS) is 9.45. The highest BCUT2D eigenvalue weighted by molar-refractivity contribution is 14.1. The van der Waals surface area contributed by atoms with Gasteiger partial charge in [-0.3, -0.25) is 3.07 Å². The van der Waals surface area contributed by atoms with Gasteiger partial charge in [-0.05, 0) is 12.1 Å². The molecule has 11 heavy (non-hydrogen) atoms. The first kappa shape index (κ1) is 8.32. The summed E-state index contributed by atoms with van der Waals surface area (Å²) in [6, 6.07) is 6.32. The van der Waals surface area contributed by atoms with Crippen LogP contribution in [0.5, 0.6) is 0 Å². The molecule has 0 unspecified atom stereocenters. The Morgan fingerprint density at radius 2 is 2.00 bits per heavy atom. The Hall–Kier alpha value is -0.780. The van der Waals surface area contributed by atoms with E-state index in [4.69, 9.17) is 5.11 Å². The van der Waals surface area contributed by atoms with Gasteiger partial charge in [0.1, 0.15) is 0 Å². The molecule has 0 spiro atoms. The van der Waals surface area contributed by atoms with Gasteiger partial charge in [-0.1, -0.05) is 12.1 Å². The molecular formula is C7H5IO3. The van der Waals surface area contributed by atoms with Gasteiger partial charge < -0.3 is 5.11 Å². The molecule has 0 amide bonds. The Morgan fingerprint density at radius 3 is 2.45 bits per heavy atom. The zero-order valence-corrected chi connectivity index (χ0v) is 7.61. The van der Waals surface area contributed by atoms with Gasteiger partial charge in [0, 0.05) is 0 Å². The molecule has 0 aliphatic rings. The number of carboxylic acids is 1. The molecule has 3 nitrogen and oxygen atoms in total. The molecule has 0 atom stereocenters. The maximum atomic E-state index is 10.5. The monoisotopic (exact) mass is 264 g/mol. The predicted octanol–water partition coefficient (Wildman–Crippen LogP) is 1.87. The first-order valence-electron chi connectivity index (χ1n) is 2.85. The topological polar surface area (TPSA) is 54.4 Å². The molecule has 1 aromatic rings. The van der Waals surface area contributed by atoms with Gasteiger partial charge in [0.25, 0.3) is 0 Å². The summed E-state index contributed by atoms with van der Waals surface area (Å²) in [5.41, 5.74) is 0.148. The van der Waals surface area contributed by atoms with Crippen LogP contribution in [0.2, 0.25) is 0 Å². The van der Waals surface area contributed by atoms with Gasteiger partial charge in [-0.25, -0.2) is 4.79 Å². The van der Waals surface area contributed by atoms with Crippen molar-refractivity contribution in [3.63, 3.8) is 0 Å². The molecule has 0 bridgehead atoms. The van der Waals surface area contributed by atoms with E-state index in [1.165, 1.54) is 6.07 Å². The summed E-state index contributed by atoms with van der Waals surface area (Å²) in [6.07, 6.45) is 0. The van der Waals surface area contributed by atoms with Crippen LogP contribution in [0.1, 0.15) is 10.4 Å². The third kappa shape index (κ3) is 1.83. The minimum atomic E-state index is -1.38. The molecule has 4 heteroatoms. The lowest BCUT2D eigenvalue weighted by molar-refractivity contribution is 0.0695. The van der Waals surface area contributed by atoms with Gasteiger partial charge in [0.05, 0.1) is 9.13 Å². The van der Waals surface area contributed by atoms with Gasteiger partial charge in [-0.2, -0.15) is 0 Å². The van der Waals surface area contributed by atoms with E-state index in [2.05, 4.69) is 0 Å². The second-order valence-corrected chi connectivity index (χ2v) is 3.46. The molecular weight excluding hydrogens is 259 g/mol. The summed E-state index contributed by atoms with van der Waals surface area (Å²) in [6.45, 7) is 0. The SMILES string of the molecule is O=Ic1ccccc1C(=O)O. The molecule has 0 aliphatic carbocycles. The average Bonchev–Trinajstić information content (AvgIpc) is 2.04. The van der Waals surface area contributed by atoms with Gasteiger partial charge in [0.2, 0.25) is 0 Å². The highest BCUT2D eigenvalue weighted by atomic mass is 127. The van der Waals surface area contributed by atoms with E-state index in [1.54, 1.807) is 18.2 Å². The van der Waals surface area contributed by atoms with Crippen molar-refractivity contribution in [3.8, 4) is 0 Å². The lowest BCUT2D eigenvalue weighted by atomic mass is 10.2. The number of hydrogen-bond acceptors (Lipinski definition) is 2. The molecule has 0 saturated carbocycles. The van der Waals surface area contributed by atoms with E-state index in [0.717, 1.165) is 0 Å². The molecule has 0 radical (unpaired) electrons. The summed E-state index contributed by atoms with van der Waals surface area (Å²) in [5.74, 6) is -1.02. The number of carbonyl (C=O) groups is 1. The van der Waals surface area contributed by atoms with Crippen LogP contribution < -0.4 is 0 Å². The van der Waals surface area contributed by atoms with E-state index in [-0.39, 0.29) is 5.56 Å². The smallest absolute Gasteiger partial charge is 0.336 e. The standard InChI is InChI=1S/C7H5IO3/c9-7(10)5-3-1-2-4-6(5)8-11/h1-4H,(H,9,10).